The third-order valence-corrected chi connectivity index (χ3v) is 3.62. The van der Waals surface area contributed by atoms with Crippen molar-refractivity contribution in [1.29, 1.82) is 0 Å². The van der Waals surface area contributed by atoms with Crippen molar-refractivity contribution < 1.29 is 14.0 Å². The molecule has 1 aromatic rings. The highest BCUT2D eigenvalue weighted by Gasteiger charge is 2.48. The summed E-state index contributed by atoms with van der Waals surface area (Å²) in [6.45, 7) is 0. The smallest absolute Gasteiger partial charge is 0.369 e. The van der Waals surface area contributed by atoms with Crippen LogP contribution in [0.3, 0.4) is 0 Å². The Labute approximate surface area is 136 Å². The minimum Gasteiger partial charge on any atom is -0.497 e. The Bertz CT molecular complexity index is 532. The Balaban J connectivity index is 2.38. The van der Waals surface area contributed by atoms with Gasteiger partial charge in [0.15, 0.2) is 4.96 Å². The summed E-state index contributed by atoms with van der Waals surface area (Å²) in [6.07, 6.45) is -0.503. The number of alkyl halides is 2. The van der Waals surface area contributed by atoms with Crippen molar-refractivity contribution in [2.75, 3.05) is 12.0 Å². The van der Waals surface area contributed by atoms with Crippen LogP contribution in [0.2, 0.25) is 0 Å². The Morgan fingerprint density at radius 1 is 1.43 bits per heavy atom. The van der Waals surface area contributed by atoms with Gasteiger partial charge in [-0.25, -0.2) is 4.79 Å². The van der Waals surface area contributed by atoms with Crippen LogP contribution in [0, 0.1) is 0 Å². The lowest BCUT2D eigenvalue weighted by Gasteiger charge is -2.27. The summed E-state index contributed by atoms with van der Waals surface area (Å²) in [5.41, 5.74) is 0.488. The lowest BCUT2D eigenvalue weighted by Crippen LogP contribution is -2.43. The maximum atomic E-state index is 14.0. The van der Waals surface area contributed by atoms with Gasteiger partial charge < -0.3 is 4.74 Å². The summed E-state index contributed by atoms with van der Waals surface area (Å²) in [7, 11) is 1.53. The summed E-state index contributed by atoms with van der Waals surface area (Å²) < 4.78 is 19.1. The maximum Gasteiger partial charge on any atom is 0.369 e. The number of amides is 2. The second-order valence-electron chi connectivity index (χ2n) is 4.15. The molecule has 1 fully saturated rings. The first kappa shape index (κ1) is 16.2. The number of carbonyl (C=O) groups excluding carboxylic acids is 1. The average molecular weight is 352 g/mol. The van der Waals surface area contributed by atoms with Gasteiger partial charge in [-0.1, -0.05) is 45.1 Å². The fourth-order valence-corrected chi connectivity index (χ4v) is 2.67. The van der Waals surface area contributed by atoms with Gasteiger partial charge in [0.05, 0.1) is 7.11 Å². The number of nitrogens with zero attached hydrogens (tertiary/aromatic N) is 3. The van der Waals surface area contributed by atoms with Crippen LogP contribution >= 0.6 is 35.4 Å². The van der Waals surface area contributed by atoms with Crippen LogP contribution in [-0.4, -0.2) is 39.9 Å². The second-order valence-corrected chi connectivity index (χ2v) is 5.53. The highest BCUT2D eigenvalue weighted by Crippen LogP contribution is 2.34. The fourth-order valence-electron chi connectivity index (χ4n) is 2.08. The van der Waals surface area contributed by atoms with E-state index in [2.05, 4.69) is 0 Å². The van der Waals surface area contributed by atoms with Crippen LogP contribution < -0.4 is 9.64 Å². The van der Waals surface area contributed by atoms with Crippen LogP contribution in [0.4, 0.5) is 15.0 Å². The molecule has 0 aromatic heterocycles. The van der Waals surface area contributed by atoms with E-state index >= 15 is 0 Å². The molecule has 2 rings (SSSR count). The number of ether oxygens (including phenoxy) is 1. The zero-order valence-corrected chi connectivity index (χ0v) is 13.3. The number of hydrogen-bond acceptors (Lipinski definition) is 4. The first-order valence-electron chi connectivity index (χ1n) is 5.94. The molecule has 1 saturated heterocycles. The van der Waals surface area contributed by atoms with E-state index < -0.39 is 17.2 Å². The number of hydrogen-bond donors (Lipinski definition) is 0. The SMILES string of the molecule is COc1ccc(N2C(=O)N(F)N(C(Cl)Cl)C2CC=S)cc1. The van der Waals surface area contributed by atoms with E-state index in [0.717, 1.165) is 5.01 Å². The van der Waals surface area contributed by atoms with Crippen molar-refractivity contribution in [2.24, 2.45) is 0 Å². The molecule has 0 radical (unpaired) electrons. The van der Waals surface area contributed by atoms with E-state index in [1.807, 2.05) is 0 Å². The Kier molecular flexibility index (Phi) is 5.21. The minimum absolute atomic E-state index is 0.0988. The monoisotopic (exact) mass is 351 g/mol. The van der Waals surface area contributed by atoms with Crippen molar-refractivity contribution in [3.63, 3.8) is 0 Å². The molecule has 21 heavy (non-hydrogen) atoms. The molecule has 1 aliphatic heterocycles. The van der Waals surface area contributed by atoms with Gasteiger partial charge in [0.2, 0.25) is 0 Å². The minimum atomic E-state index is -1.22. The zero-order chi connectivity index (χ0) is 15.6. The maximum absolute atomic E-state index is 14.0. The van der Waals surface area contributed by atoms with Gasteiger partial charge in [-0.15, -0.1) is 5.01 Å². The van der Waals surface area contributed by atoms with Crippen LogP contribution in [0.1, 0.15) is 6.42 Å². The van der Waals surface area contributed by atoms with Gasteiger partial charge >= 0.3 is 6.03 Å². The van der Waals surface area contributed by atoms with Crippen LogP contribution in [0.15, 0.2) is 24.3 Å². The van der Waals surface area contributed by atoms with E-state index in [-0.39, 0.29) is 11.7 Å². The molecule has 2 amide bonds. The number of thiocarbonyl (C=S) groups is 1. The summed E-state index contributed by atoms with van der Waals surface area (Å²) in [6, 6.07) is 5.74. The van der Waals surface area contributed by atoms with Crippen molar-refractivity contribution in [3.05, 3.63) is 24.3 Å². The standard InChI is InChI=1S/C12H12Cl2FN3O2S/c1-20-9-4-2-8(3-5-9)16-10(6-7-21)17(11(13)14)18(15)12(16)19/h2-5,7,10-11H,6H2,1H3. The molecule has 114 valence electrons. The van der Waals surface area contributed by atoms with E-state index in [4.69, 9.17) is 40.2 Å². The highest BCUT2D eigenvalue weighted by molar-refractivity contribution is 7.78. The van der Waals surface area contributed by atoms with E-state index in [0.29, 0.717) is 11.4 Å². The predicted octanol–water partition coefficient (Wildman–Crippen LogP) is 3.52. The molecule has 1 aromatic carbocycles. The summed E-state index contributed by atoms with van der Waals surface area (Å²) in [5, 5.41) is 2.22. The number of rotatable bonds is 5. The number of halogens is 3. The Hall–Kier alpha value is -1.15. The third-order valence-electron chi connectivity index (χ3n) is 3.03. The van der Waals surface area contributed by atoms with Crippen molar-refractivity contribution in [2.45, 2.75) is 17.5 Å². The first-order valence-corrected chi connectivity index (χ1v) is 7.29. The highest BCUT2D eigenvalue weighted by atomic mass is 35.5. The molecule has 0 saturated carbocycles. The normalized spacial score (nSPS) is 19.5. The molecule has 0 N–H and O–H groups in total. The predicted molar refractivity (Wildman–Crippen MR) is 83.2 cm³/mol. The molecule has 5 nitrogen and oxygen atoms in total. The van der Waals surface area contributed by atoms with E-state index in [1.165, 1.54) is 17.4 Å². The number of anilines is 1. The lowest BCUT2D eigenvalue weighted by molar-refractivity contribution is -0.110. The lowest BCUT2D eigenvalue weighted by atomic mass is 10.2. The quantitative estimate of drug-likeness (QED) is 0.352. The molecule has 1 atom stereocenters. The summed E-state index contributed by atoms with van der Waals surface area (Å²) in [5.74, 6) is 0.623. The summed E-state index contributed by atoms with van der Waals surface area (Å²) in [4.78, 5) is 12.1. The number of benzene rings is 1. The fraction of sp³-hybridized carbons (Fsp3) is 0.333. The van der Waals surface area contributed by atoms with Gasteiger partial charge in [-0.3, -0.25) is 4.90 Å². The summed E-state index contributed by atoms with van der Waals surface area (Å²) >= 11 is 16.3. The number of carbonyl (C=O) groups is 1. The molecule has 1 unspecified atom stereocenters. The molecular formula is C12H12Cl2FN3O2S. The van der Waals surface area contributed by atoms with Crippen LogP contribution in [0.25, 0.3) is 0 Å². The molecular weight excluding hydrogens is 340 g/mol. The van der Waals surface area contributed by atoms with Gasteiger partial charge in [-0.2, -0.15) is 0 Å². The van der Waals surface area contributed by atoms with Gasteiger partial charge in [0.1, 0.15) is 11.9 Å². The zero-order valence-electron chi connectivity index (χ0n) is 10.9. The third kappa shape index (κ3) is 3.06. The molecule has 0 spiro atoms. The first-order chi connectivity index (χ1) is 10.0. The largest absolute Gasteiger partial charge is 0.497 e. The van der Waals surface area contributed by atoms with Crippen LogP contribution in [0.5, 0.6) is 5.75 Å². The second kappa shape index (κ2) is 6.74. The van der Waals surface area contributed by atoms with Gasteiger partial charge in [0, 0.05) is 12.1 Å². The van der Waals surface area contributed by atoms with Gasteiger partial charge in [-0.05, 0) is 29.6 Å². The van der Waals surface area contributed by atoms with E-state index in [9.17, 15) is 9.28 Å². The molecule has 1 aliphatic rings. The van der Waals surface area contributed by atoms with E-state index in [1.54, 1.807) is 24.3 Å². The Morgan fingerprint density at radius 3 is 2.52 bits per heavy atom. The van der Waals surface area contributed by atoms with Crippen molar-refractivity contribution in [3.8, 4) is 5.75 Å². The number of urea groups is 1. The topological polar surface area (TPSA) is 36.0 Å². The van der Waals surface area contributed by atoms with Gasteiger partial charge in [0.25, 0.3) is 0 Å². The van der Waals surface area contributed by atoms with Crippen LogP contribution in [-0.2, 0) is 0 Å². The number of methoxy groups -OCH3 is 1. The molecule has 9 heteroatoms. The molecule has 1 heterocycles. The Morgan fingerprint density at radius 2 is 2.05 bits per heavy atom. The number of hydrazine groups is 1. The van der Waals surface area contributed by atoms with Crippen molar-refractivity contribution in [1.82, 2.24) is 10.2 Å². The average Bonchev–Trinajstić information content (AvgIpc) is 2.71. The molecule has 0 aliphatic carbocycles. The molecule has 0 bridgehead atoms. The van der Waals surface area contributed by atoms with Crippen molar-refractivity contribution >= 4 is 52.5 Å².